The van der Waals surface area contributed by atoms with Gasteiger partial charge in [-0.2, -0.15) is 0 Å². The summed E-state index contributed by atoms with van der Waals surface area (Å²) in [5, 5.41) is 11.2. The minimum atomic E-state index is -1.02. The summed E-state index contributed by atoms with van der Waals surface area (Å²) in [4.78, 5) is 10.7. The van der Waals surface area contributed by atoms with E-state index in [2.05, 4.69) is 5.32 Å². The average molecular weight is 215 g/mol. The Balaban J connectivity index is 2.38. The molecular formula is C13H13NO2. The fourth-order valence-electron chi connectivity index (χ4n) is 1.84. The molecule has 1 aliphatic rings. The maximum Gasteiger partial charge on any atom is 0.409 e. The molecule has 3 heteroatoms. The predicted molar refractivity (Wildman–Crippen MR) is 62.9 cm³/mol. The lowest BCUT2D eigenvalue weighted by Crippen LogP contribution is -2.21. The van der Waals surface area contributed by atoms with Crippen molar-refractivity contribution < 1.29 is 9.90 Å². The van der Waals surface area contributed by atoms with E-state index < -0.39 is 6.09 Å². The van der Waals surface area contributed by atoms with Crippen molar-refractivity contribution in [2.45, 2.75) is 12.8 Å². The molecule has 0 unspecified atom stereocenters. The number of hydrogen-bond acceptors (Lipinski definition) is 1. The Morgan fingerprint density at radius 3 is 2.69 bits per heavy atom. The van der Waals surface area contributed by atoms with Crippen LogP contribution in [0.3, 0.4) is 0 Å². The molecule has 82 valence electrons. The van der Waals surface area contributed by atoms with Gasteiger partial charge in [0.2, 0.25) is 0 Å². The zero-order chi connectivity index (χ0) is 11.4. The molecule has 0 aliphatic heterocycles. The Morgan fingerprint density at radius 1 is 1.25 bits per heavy atom. The van der Waals surface area contributed by atoms with Crippen LogP contribution in [-0.2, 0) is 0 Å². The second-order valence-corrected chi connectivity index (χ2v) is 3.63. The highest BCUT2D eigenvalue weighted by Crippen LogP contribution is 2.26. The quantitative estimate of drug-likeness (QED) is 0.796. The molecule has 0 radical (unpaired) electrons. The summed E-state index contributed by atoms with van der Waals surface area (Å²) in [6.45, 7) is 0. The fourth-order valence-corrected chi connectivity index (χ4v) is 1.84. The van der Waals surface area contributed by atoms with E-state index in [0.29, 0.717) is 5.70 Å². The van der Waals surface area contributed by atoms with Gasteiger partial charge in [0.05, 0.1) is 0 Å². The molecule has 0 saturated carbocycles. The zero-order valence-corrected chi connectivity index (χ0v) is 8.81. The third-order valence-electron chi connectivity index (χ3n) is 2.53. The summed E-state index contributed by atoms with van der Waals surface area (Å²) in [5.41, 5.74) is 2.83. The number of amides is 1. The SMILES string of the molecule is O=C(O)NC1=C(c2ccccc2)CCC=C1. The number of carboxylic acid groups (broad SMARTS) is 1. The number of nitrogens with one attached hydrogen (secondary N) is 1. The van der Waals surface area contributed by atoms with Gasteiger partial charge in [0.25, 0.3) is 0 Å². The average Bonchev–Trinajstić information content (AvgIpc) is 2.30. The van der Waals surface area contributed by atoms with Crippen molar-refractivity contribution in [3.8, 4) is 0 Å². The molecule has 0 aromatic heterocycles. The lowest BCUT2D eigenvalue weighted by atomic mass is 9.95. The summed E-state index contributed by atoms with van der Waals surface area (Å²) in [7, 11) is 0. The minimum absolute atomic E-state index is 0.685. The van der Waals surface area contributed by atoms with Gasteiger partial charge in [-0.15, -0.1) is 0 Å². The first kappa shape index (κ1) is 10.5. The number of allylic oxidation sites excluding steroid dienone is 3. The molecule has 1 aromatic carbocycles. The third-order valence-corrected chi connectivity index (χ3v) is 2.53. The van der Waals surface area contributed by atoms with Gasteiger partial charge in [0, 0.05) is 5.70 Å². The van der Waals surface area contributed by atoms with Crippen LogP contribution in [0.5, 0.6) is 0 Å². The van der Waals surface area contributed by atoms with Gasteiger partial charge in [0.15, 0.2) is 0 Å². The molecule has 1 amide bonds. The van der Waals surface area contributed by atoms with E-state index >= 15 is 0 Å². The maximum absolute atomic E-state index is 10.7. The first-order valence-electron chi connectivity index (χ1n) is 5.22. The molecule has 1 aliphatic carbocycles. The molecule has 0 saturated heterocycles. The van der Waals surface area contributed by atoms with Gasteiger partial charge in [-0.1, -0.05) is 36.4 Å². The first-order valence-corrected chi connectivity index (χ1v) is 5.22. The Labute approximate surface area is 94.1 Å². The molecule has 2 rings (SSSR count). The van der Waals surface area contributed by atoms with E-state index in [4.69, 9.17) is 5.11 Å². The maximum atomic E-state index is 10.7. The summed E-state index contributed by atoms with van der Waals surface area (Å²) >= 11 is 0. The number of rotatable bonds is 2. The van der Waals surface area contributed by atoms with Gasteiger partial charge >= 0.3 is 6.09 Å². The van der Waals surface area contributed by atoms with Crippen LogP contribution in [-0.4, -0.2) is 11.2 Å². The predicted octanol–water partition coefficient (Wildman–Crippen LogP) is 3.02. The van der Waals surface area contributed by atoms with Crippen molar-refractivity contribution in [3.05, 3.63) is 53.7 Å². The van der Waals surface area contributed by atoms with E-state index in [-0.39, 0.29) is 0 Å². The fraction of sp³-hybridized carbons (Fsp3) is 0.154. The largest absolute Gasteiger partial charge is 0.465 e. The van der Waals surface area contributed by atoms with Crippen LogP contribution in [0.1, 0.15) is 18.4 Å². The van der Waals surface area contributed by atoms with Crippen molar-refractivity contribution in [2.24, 2.45) is 0 Å². The third kappa shape index (κ3) is 2.31. The highest BCUT2D eigenvalue weighted by Gasteiger charge is 2.11. The second-order valence-electron chi connectivity index (χ2n) is 3.63. The normalized spacial score (nSPS) is 15.0. The summed E-state index contributed by atoms with van der Waals surface area (Å²) in [5.74, 6) is 0. The molecule has 16 heavy (non-hydrogen) atoms. The Morgan fingerprint density at radius 2 is 2.00 bits per heavy atom. The number of benzene rings is 1. The highest BCUT2D eigenvalue weighted by molar-refractivity contribution is 5.77. The zero-order valence-electron chi connectivity index (χ0n) is 8.81. The topological polar surface area (TPSA) is 49.3 Å². The Kier molecular flexibility index (Phi) is 3.05. The van der Waals surface area contributed by atoms with E-state index in [1.54, 1.807) is 0 Å². The number of carbonyl (C=O) groups is 1. The van der Waals surface area contributed by atoms with E-state index in [1.807, 2.05) is 42.5 Å². The summed E-state index contributed by atoms with van der Waals surface area (Å²) < 4.78 is 0. The lowest BCUT2D eigenvalue weighted by molar-refractivity contribution is 0.198. The van der Waals surface area contributed by atoms with E-state index in [1.165, 1.54) is 0 Å². The van der Waals surface area contributed by atoms with Gasteiger partial charge in [-0.05, 0) is 30.1 Å². The van der Waals surface area contributed by atoms with Crippen molar-refractivity contribution in [1.29, 1.82) is 0 Å². The highest BCUT2D eigenvalue weighted by atomic mass is 16.4. The van der Waals surface area contributed by atoms with E-state index in [9.17, 15) is 4.79 Å². The van der Waals surface area contributed by atoms with Gasteiger partial charge in [-0.25, -0.2) is 4.79 Å². The van der Waals surface area contributed by atoms with Crippen LogP contribution in [0.2, 0.25) is 0 Å². The minimum Gasteiger partial charge on any atom is -0.465 e. The van der Waals surface area contributed by atoms with Crippen molar-refractivity contribution in [2.75, 3.05) is 0 Å². The summed E-state index contributed by atoms with van der Waals surface area (Å²) in [6, 6.07) is 9.86. The molecule has 2 N–H and O–H groups in total. The molecule has 0 atom stereocenters. The Bertz CT molecular complexity index is 446. The summed E-state index contributed by atoms with van der Waals surface area (Å²) in [6.07, 6.45) is 4.62. The lowest BCUT2D eigenvalue weighted by Gasteiger charge is -2.15. The smallest absolute Gasteiger partial charge is 0.409 e. The first-order chi connectivity index (χ1) is 7.77. The van der Waals surface area contributed by atoms with Crippen molar-refractivity contribution in [1.82, 2.24) is 5.32 Å². The van der Waals surface area contributed by atoms with Gasteiger partial charge < -0.3 is 5.11 Å². The molecule has 3 nitrogen and oxygen atoms in total. The number of hydrogen-bond donors (Lipinski definition) is 2. The van der Waals surface area contributed by atoms with Crippen LogP contribution < -0.4 is 5.32 Å². The van der Waals surface area contributed by atoms with Gasteiger partial charge in [0.1, 0.15) is 0 Å². The van der Waals surface area contributed by atoms with E-state index in [0.717, 1.165) is 24.0 Å². The van der Waals surface area contributed by atoms with Crippen molar-refractivity contribution >= 4 is 11.7 Å². The van der Waals surface area contributed by atoms with Crippen LogP contribution in [0.25, 0.3) is 5.57 Å². The Hall–Kier alpha value is -2.03. The van der Waals surface area contributed by atoms with Gasteiger partial charge in [-0.3, -0.25) is 5.32 Å². The molecule has 0 bridgehead atoms. The molecule has 0 spiro atoms. The van der Waals surface area contributed by atoms with Crippen LogP contribution in [0.4, 0.5) is 4.79 Å². The standard InChI is InChI=1S/C13H13NO2/c15-13(16)14-12-9-5-4-8-11(12)10-6-2-1-3-7-10/h1-3,5-7,9,14H,4,8H2,(H,15,16). The molecule has 1 aromatic rings. The monoisotopic (exact) mass is 215 g/mol. The van der Waals surface area contributed by atoms with Crippen LogP contribution >= 0.6 is 0 Å². The van der Waals surface area contributed by atoms with Crippen molar-refractivity contribution in [3.63, 3.8) is 0 Å². The molecule has 0 heterocycles. The van der Waals surface area contributed by atoms with Crippen LogP contribution in [0, 0.1) is 0 Å². The van der Waals surface area contributed by atoms with Crippen LogP contribution in [0.15, 0.2) is 48.2 Å². The molecular weight excluding hydrogens is 202 g/mol. The molecule has 0 fully saturated rings. The second kappa shape index (κ2) is 4.66.